The normalized spacial score (nSPS) is 15.1. The Morgan fingerprint density at radius 1 is 1.08 bits per heavy atom. The van der Waals surface area contributed by atoms with Crippen molar-refractivity contribution in [1.82, 2.24) is 0 Å². The minimum Gasteiger partial charge on any atom is -0.456 e. The molecule has 1 saturated carbocycles. The molecule has 1 aromatic rings. The molecular weight excluding hydrogens is 302 g/mol. The lowest BCUT2D eigenvalue weighted by molar-refractivity contribution is -0.147. The fourth-order valence-electron chi connectivity index (χ4n) is 3.57. The third-order valence-corrected chi connectivity index (χ3v) is 4.79. The highest BCUT2D eigenvalue weighted by atomic mass is 16.5. The Labute approximate surface area is 145 Å². The smallest absolute Gasteiger partial charge is 0.306 e. The quantitative estimate of drug-likeness (QED) is 0.783. The van der Waals surface area contributed by atoms with E-state index in [4.69, 9.17) is 4.74 Å². The molecule has 24 heavy (non-hydrogen) atoms. The Morgan fingerprint density at radius 2 is 1.71 bits per heavy atom. The molecule has 0 spiro atoms. The average Bonchev–Trinajstić information content (AvgIpc) is 2.55. The van der Waals surface area contributed by atoms with Crippen molar-refractivity contribution in [3.05, 3.63) is 28.8 Å². The van der Waals surface area contributed by atoms with E-state index >= 15 is 0 Å². The minimum absolute atomic E-state index is 0.212. The van der Waals surface area contributed by atoms with Crippen molar-refractivity contribution in [2.45, 2.75) is 65.7 Å². The van der Waals surface area contributed by atoms with Crippen molar-refractivity contribution in [1.29, 1.82) is 0 Å². The molecule has 1 N–H and O–H groups in total. The fourth-order valence-corrected chi connectivity index (χ4v) is 3.57. The van der Waals surface area contributed by atoms with Gasteiger partial charge < -0.3 is 10.1 Å². The minimum atomic E-state index is -0.281. The van der Waals surface area contributed by atoms with Crippen molar-refractivity contribution >= 4 is 17.6 Å². The van der Waals surface area contributed by atoms with Gasteiger partial charge in [-0.15, -0.1) is 0 Å². The van der Waals surface area contributed by atoms with Crippen molar-refractivity contribution in [2.24, 2.45) is 5.92 Å². The van der Waals surface area contributed by atoms with Crippen LogP contribution in [0.4, 0.5) is 5.69 Å². The van der Waals surface area contributed by atoms with Crippen LogP contribution in [0.3, 0.4) is 0 Å². The van der Waals surface area contributed by atoms with E-state index in [-0.39, 0.29) is 18.5 Å². The highest BCUT2D eigenvalue weighted by molar-refractivity contribution is 5.94. The molecule has 1 aliphatic rings. The summed E-state index contributed by atoms with van der Waals surface area (Å²) in [6.45, 7) is 5.74. The fraction of sp³-hybridized carbons (Fsp3) is 0.600. The number of esters is 1. The van der Waals surface area contributed by atoms with E-state index in [1.165, 1.54) is 32.1 Å². The predicted octanol–water partition coefficient (Wildman–Crippen LogP) is 4.45. The molecule has 1 aliphatic carbocycles. The van der Waals surface area contributed by atoms with E-state index in [0.29, 0.717) is 12.3 Å². The number of carbonyl (C=O) groups is 2. The van der Waals surface area contributed by atoms with E-state index in [2.05, 4.69) is 5.32 Å². The van der Waals surface area contributed by atoms with E-state index in [0.717, 1.165) is 28.8 Å². The van der Waals surface area contributed by atoms with Crippen LogP contribution in [0.25, 0.3) is 0 Å². The first-order valence-corrected chi connectivity index (χ1v) is 8.99. The molecule has 1 fully saturated rings. The van der Waals surface area contributed by atoms with Gasteiger partial charge >= 0.3 is 5.97 Å². The Kier molecular flexibility index (Phi) is 6.83. The number of amides is 1. The number of nitrogens with one attached hydrogen (secondary N) is 1. The number of rotatable bonds is 6. The second-order valence-electron chi connectivity index (χ2n) is 7.03. The molecule has 132 valence electrons. The largest absolute Gasteiger partial charge is 0.456 e. The summed E-state index contributed by atoms with van der Waals surface area (Å²) in [5, 5.41) is 2.85. The molecule has 1 amide bonds. The lowest BCUT2D eigenvalue weighted by Gasteiger charge is -2.20. The monoisotopic (exact) mass is 331 g/mol. The molecular formula is C20H29NO3. The van der Waals surface area contributed by atoms with Crippen LogP contribution in [0, 0.1) is 26.7 Å². The summed E-state index contributed by atoms with van der Waals surface area (Å²) in [6, 6.07) is 4.05. The van der Waals surface area contributed by atoms with E-state index in [1.54, 1.807) is 0 Å². The van der Waals surface area contributed by atoms with Gasteiger partial charge in [0, 0.05) is 12.1 Å². The summed E-state index contributed by atoms with van der Waals surface area (Å²) in [6.07, 6.45) is 7.62. The van der Waals surface area contributed by atoms with Crippen LogP contribution in [0.15, 0.2) is 12.1 Å². The van der Waals surface area contributed by atoms with Crippen LogP contribution in [-0.4, -0.2) is 18.5 Å². The zero-order valence-electron chi connectivity index (χ0n) is 15.1. The highest BCUT2D eigenvalue weighted by Gasteiger charge is 2.16. The Hall–Kier alpha value is -1.84. The SMILES string of the molecule is Cc1cc(C)c(NC(=O)COC(=O)CCC2CCCCC2)c(C)c1. The van der Waals surface area contributed by atoms with Gasteiger partial charge in [0.15, 0.2) is 6.61 Å². The van der Waals surface area contributed by atoms with Gasteiger partial charge in [0.2, 0.25) is 0 Å². The average molecular weight is 331 g/mol. The van der Waals surface area contributed by atoms with Crippen LogP contribution in [0.5, 0.6) is 0 Å². The van der Waals surface area contributed by atoms with Crippen LogP contribution in [-0.2, 0) is 14.3 Å². The molecule has 0 bridgehead atoms. The summed E-state index contributed by atoms with van der Waals surface area (Å²) in [5.74, 6) is 0.0992. The van der Waals surface area contributed by atoms with E-state index in [1.807, 2.05) is 32.9 Å². The zero-order valence-corrected chi connectivity index (χ0v) is 15.1. The predicted molar refractivity (Wildman–Crippen MR) is 96.1 cm³/mol. The van der Waals surface area contributed by atoms with Gasteiger partial charge in [0.1, 0.15) is 0 Å². The number of carbonyl (C=O) groups excluding carboxylic acids is 2. The Morgan fingerprint density at radius 3 is 2.33 bits per heavy atom. The molecule has 0 radical (unpaired) electrons. The van der Waals surface area contributed by atoms with Gasteiger partial charge in [0.25, 0.3) is 5.91 Å². The molecule has 0 heterocycles. The number of hydrogen-bond acceptors (Lipinski definition) is 3. The van der Waals surface area contributed by atoms with Crippen molar-refractivity contribution in [3.8, 4) is 0 Å². The van der Waals surface area contributed by atoms with Gasteiger partial charge in [0.05, 0.1) is 0 Å². The van der Waals surface area contributed by atoms with Gasteiger partial charge in [-0.2, -0.15) is 0 Å². The lowest BCUT2D eigenvalue weighted by Crippen LogP contribution is -2.22. The first kappa shape index (κ1) is 18.5. The maximum absolute atomic E-state index is 12.0. The maximum atomic E-state index is 12.0. The summed E-state index contributed by atoms with van der Waals surface area (Å²) in [7, 11) is 0. The van der Waals surface area contributed by atoms with Crippen LogP contribution in [0.1, 0.15) is 61.6 Å². The van der Waals surface area contributed by atoms with Crippen molar-refractivity contribution in [2.75, 3.05) is 11.9 Å². The van der Waals surface area contributed by atoms with E-state index in [9.17, 15) is 9.59 Å². The van der Waals surface area contributed by atoms with Crippen LogP contribution < -0.4 is 5.32 Å². The molecule has 4 nitrogen and oxygen atoms in total. The zero-order chi connectivity index (χ0) is 17.5. The number of aryl methyl sites for hydroxylation is 3. The first-order chi connectivity index (χ1) is 11.5. The van der Waals surface area contributed by atoms with Crippen LogP contribution in [0.2, 0.25) is 0 Å². The topological polar surface area (TPSA) is 55.4 Å². The third kappa shape index (κ3) is 5.66. The van der Waals surface area contributed by atoms with Gasteiger partial charge in [-0.25, -0.2) is 0 Å². The lowest BCUT2D eigenvalue weighted by atomic mass is 9.86. The summed E-state index contributed by atoms with van der Waals surface area (Å²) in [4.78, 5) is 23.8. The summed E-state index contributed by atoms with van der Waals surface area (Å²) in [5.41, 5.74) is 4.01. The number of anilines is 1. The molecule has 0 aromatic heterocycles. The summed E-state index contributed by atoms with van der Waals surface area (Å²) < 4.78 is 5.12. The molecule has 0 atom stereocenters. The van der Waals surface area contributed by atoms with Gasteiger partial charge in [-0.1, -0.05) is 49.8 Å². The molecule has 1 aromatic carbocycles. The summed E-state index contributed by atoms with van der Waals surface area (Å²) >= 11 is 0. The van der Waals surface area contributed by atoms with Crippen molar-refractivity contribution < 1.29 is 14.3 Å². The number of hydrogen-bond donors (Lipinski definition) is 1. The highest BCUT2D eigenvalue weighted by Crippen LogP contribution is 2.27. The Balaban J connectivity index is 1.73. The molecule has 0 unspecified atom stereocenters. The number of benzene rings is 1. The maximum Gasteiger partial charge on any atom is 0.306 e. The standard InChI is InChI=1S/C20H29NO3/c1-14-11-15(2)20(16(3)12-14)21-18(22)13-24-19(23)10-9-17-7-5-4-6-8-17/h11-12,17H,4-10,13H2,1-3H3,(H,21,22). The molecule has 2 rings (SSSR count). The van der Waals surface area contributed by atoms with E-state index < -0.39 is 0 Å². The molecule has 0 saturated heterocycles. The van der Waals surface area contributed by atoms with Crippen molar-refractivity contribution in [3.63, 3.8) is 0 Å². The second-order valence-corrected chi connectivity index (χ2v) is 7.03. The van der Waals surface area contributed by atoms with Gasteiger partial charge in [-0.05, 0) is 44.2 Å². The number of ether oxygens (including phenoxy) is 1. The first-order valence-electron chi connectivity index (χ1n) is 8.99. The molecule has 0 aliphatic heterocycles. The third-order valence-electron chi connectivity index (χ3n) is 4.79. The van der Waals surface area contributed by atoms with Gasteiger partial charge in [-0.3, -0.25) is 9.59 Å². The Bertz CT molecular complexity index is 566. The van der Waals surface area contributed by atoms with Crippen LogP contribution >= 0.6 is 0 Å². The molecule has 4 heteroatoms. The second kappa shape index (κ2) is 8.86.